The Kier molecular flexibility index (Phi) is 5.91. The van der Waals surface area contributed by atoms with Crippen LogP contribution in [0.2, 0.25) is 0 Å². The van der Waals surface area contributed by atoms with Crippen LogP contribution in [0.3, 0.4) is 0 Å². The smallest absolute Gasteiger partial charge is 0.417 e. The van der Waals surface area contributed by atoms with Crippen LogP contribution in [-0.4, -0.2) is 41.0 Å². The molecule has 2 aromatic rings. The number of anilines is 2. The predicted molar refractivity (Wildman–Crippen MR) is 121 cm³/mol. The van der Waals surface area contributed by atoms with Gasteiger partial charge >= 0.3 is 6.18 Å². The minimum atomic E-state index is -4.78. The van der Waals surface area contributed by atoms with Gasteiger partial charge in [-0.2, -0.15) is 18.4 Å². The van der Waals surface area contributed by atoms with E-state index in [0.29, 0.717) is 30.2 Å². The Morgan fingerprint density at radius 2 is 1.91 bits per heavy atom. The quantitative estimate of drug-likeness (QED) is 0.650. The molecule has 0 aromatic heterocycles. The van der Waals surface area contributed by atoms with E-state index >= 15 is 0 Å². The number of carbonyl (C=O) groups excluding carboxylic acids is 1. The van der Waals surface area contributed by atoms with Gasteiger partial charge < -0.3 is 19.5 Å². The number of benzene rings is 2. The average molecular weight is 491 g/mol. The Labute approximate surface area is 198 Å². The van der Waals surface area contributed by atoms with Crippen molar-refractivity contribution in [3.8, 4) is 17.6 Å². The number of amides is 1. The Balaban J connectivity index is 1.74. The first-order chi connectivity index (χ1) is 16.0. The number of aliphatic hydroxyl groups is 1. The molecular formula is C23H20F3N3O4S. The zero-order valence-electron chi connectivity index (χ0n) is 18.2. The maximum absolute atomic E-state index is 13.5. The lowest BCUT2D eigenvalue weighted by atomic mass is 10.0. The van der Waals surface area contributed by atoms with Gasteiger partial charge in [-0.1, -0.05) is 0 Å². The molecule has 0 radical (unpaired) electrons. The van der Waals surface area contributed by atoms with E-state index < -0.39 is 34.9 Å². The zero-order chi connectivity index (χ0) is 24.8. The number of carbonyl (C=O) groups is 1. The summed E-state index contributed by atoms with van der Waals surface area (Å²) in [6.45, 7) is 3.37. The van der Waals surface area contributed by atoms with E-state index in [2.05, 4.69) is 0 Å². The van der Waals surface area contributed by atoms with Crippen LogP contribution in [0.25, 0.3) is 0 Å². The molecular weight excluding hydrogens is 471 g/mol. The molecule has 1 saturated heterocycles. The van der Waals surface area contributed by atoms with E-state index in [1.807, 2.05) is 0 Å². The van der Waals surface area contributed by atoms with Gasteiger partial charge in [-0.05, 0) is 56.4 Å². The summed E-state index contributed by atoms with van der Waals surface area (Å²) in [5, 5.41) is 18.5. The number of alkyl halides is 3. The van der Waals surface area contributed by atoms with Crippen LogP contribution in [0.1, 0.15) is 31.4 Å². The molecule has 11 heteroatoms. The fourth-order valence-electron chi connectivity index (χ4n) is 3.97. The molecule has 2 aliphatic heterocycles. The second kappa shape index (κ2) is 8.45. The molecule has 1 fully saturated rings. The number of hydrogen-bond donors (Lipinski definition) is 1. The fraction of sp³-hybridized carbons (Fsp3) is 0.348. The van der Waals surface area contributed by atoms with Crippen molar-refractivity contribution in [2.75, 3.05) is 23.0 Å². The number of thiocarbonyl (C=S) groups is 1. The number of fused-ring (bicyclic) bond motifs is 1. The normalized spacial score (nSPS) is 19.7. The van der Waals surface area contributed by atoms with Crippen molar-refractivity contribution >= 4 is 34.6 Å². The molecule has 0 bridgehead atoms. The van der Waals surface area contributed by atoms with Gasteiger partial charge in [0.2, 0.25) is 0 Å². The molecule has 0 spiro atoms. The minimum Gasteiger partial charge on any atom is -0.489 e. The van der Waals surface area contributed by atoms with Gasteiger partial charge in [0, 0.05) is 18.2 Å². The van der Waals surface area contributed by atoms with Crippen molar-refractivity contribution in [1.82, 2.24) is 0 Å². The molecule has 1 amide bonds. The third-order valence-electron chi connectivity index (χ3n) is 5.74. The first kappa shape index (κ1) is 23.8. The van der Waals surface area contributed by atoms with E-state index in [1.54, 1.807) is 32.0 Å². The Morgan fingerprint density at radius 1 is 1.21 bits per heavy atom. The number of ether oxygens (including phenoxy) is 2. The number of nitrogens with zero attached hydrogens (tertiary/aromatic N) is 3. The molecule has 2 aromatic carbocycles. The minimum absolute atomic E-state index is 0.0180. The Morgan fingerprint density at radius 3 is 2.56 bits per heavy atom. The van der Waals surface area contributed by atoms with Crippen molar-refractivity contribution in [1.29, 1.82) is 5.26 Å². The van der Waals surface area contributed by atoms with Gasteiger partial charge in [0.1, 0.15) is 11.6 Å². The van der Waals surface area contributed by atoms with E-state index in [-0.39, 0.29) is 17.4 Å². The van der Waals surface area contributed by atoms with E-state index in [9.17, 15) is 23.1 Å². The molecule has 1 N–H and O–H groups in total. The van der Waals surface area contributed by atoms with E-state index in [0.717, 1.165) is 17.0 Å². The van der Waals surface area contributed by atoms with Crippen LogP contribution in [0.15, 0.2) is 36.4 Å². The highest BCUT2D eigenvalue weighted by molar-refractivity contribution is 7.81. The molecule has 1 unspecified atom stereocenters. The van der Waals surface area contributed by atoms with Gasteiger partial charge in [0.05, 0.1) is 36.1 Å². The molecule has 1 atom stereocenters. The maximum Gasteiger partial charge on any atom is 0.417 e. The Bertz CT molecular complexity index is 1210. The summed E-state index contributed by atoms with van der Waals surface area (Å²) in [4.78, 5) is 15.9. The Hall–Kier alpha value is -3.36. The van der Waals surface area contributed by atoms with Crippen molar-refractivity contribution in [3.63, 3.8) is 0 Å². The van der Waals surface area contributed by atoms with Crippen LogP contribution >= 0.6 is 12.2 Å². The lowest BCUT2D eigenvalue weighted by Gasteiger charge is -2.30. The maximum atomic E-state index is 13.5. The lowest BCUT2D eigenvalue weighted by Crippen LogP contribution is -2.44. The number of nitriles is 1. The summed E-state index contributed by atoms with van der Waals surface area (Å²) in [6.07, 6.45) is -4.70. The van der Waals surface area contributed by atoms with E-state index in [4.69, 9.17) is 27.0 Å². The molecule has 0 saturated carbocycles. The molecule has 2 aliphatic rings. The van der Waals surface area contributed by atoms with Crippen LogP contribution in [0.5, 0.6) is 11.5 Å². The SMILES string of the molecule is CC1(C)C(=O)N(c2ccc(C#N)c(C(F)(F)F)c2)C(=S)N1c1ccc2c(c1)OCCC(CO)O2. The number of rotatable bonds is 3. The highest BCUT2D eigenvalue weighted by Gasteiger charge is 2.51. The van der Waals surface area contributed by atoms with Gasteiger partial charge in [-0.25, -0.2) is 0 Å². The molecule has 7 nitrogen and oxygen atoms in total. The number of halogens is 3. The highest BCUT2D eigenvalue weighted by Crippen LogP contribution is 2.42. The second-order valence-corrected chi connectivity index (χ2v) is 8.71. The van der Waals surface area contributed by atoms with E-state index in [1.165, 1.54) is 17.0 Å². The first-order valence-corrected chi connectivity index (χ1v) is 10.7. The summed E-state index contributed by atoms with van der Waals surface area (Å²) in [7, 11) is 0. The third kappa shape index (κ3) is 3.93. The van der Waals surface area contributed by atoms with Gasteiger partial charge in [-0.15, -0.1) is 0 Å². The van der Waals surface area contributed by atoms with Gasteiger partial charge in [0.25, 0.3) is 5.91 Å². The largest absolute Gasteiger partial charge is 0.489 e. The fourth-order valence-corrected chi connectivity index (χ4v) is 4.49. The van der Waals surface area contributed by atoms with Gasteiger partial charge in [0.15, 0.2) is 16.6 Å². The summed E-state index contributed by atoms with van der Waals surface area (Å²) in [6, 6.07) is 9.50. The van der Waals surface area contributed by atoms with Crippen molar-refractivity contribution in [2.24, 2.45) is 0 Å². The summed E-state index contributed by atoms with van der Waals surface area (Å²) >= 11 is 5.55. The number of aliphatic hydroxyl groups excluding tert-OH is 1. The van der Waals surface area contributed by atoms with Crippen molar-refractivity contribution in [2.45, 2.75) is 38.1 Å². The van der Waals surface area contributed by atoms with Crippen LogP contribution in [0.4, 0.5) is 24.5 Å². The van der Waals surface area contributed by atoms with Crippen LogP contribution in [-0.2, 0) is 11.0 Å². The van der Waals surface area contributed by atoms with Crippen LogP contribution in [0, 0.1) is 11.3 Å². The standard InChI is InChI=1S/C23H20F3N3O4S/c1-22(2)20(31)28(14-4-3-13(11-27)17(9-14)23(24,25)26)21(34)29(22)15-5-6-18-19(10-15)32-8-7-16(12-30)33-18/h3-6,9-10,16,30H,7-8,12H2,1-2H3. The summed E-state index contributed by atoms with van der Waals surface area (Å²) in [5.74, 6) is 0.298. The summed E-state index contributed by atoms with van der Waals surface area (Å²) in [5.41, 5.74) is -2.52. The van der Waals surface area contributed by atoms with Gasteiger partial charge in [-0.3, -0.25) is 9.69 Å². The topological polar surface area (TPSA) is 86.0 Å². The summed E-state index contributed by atoms with van der Waals surface area (Å²) < 4.78 is 52.0. The molecule has 178 valence electrons. The zero-order valence-corrected chi connectivity index (χ0v) is 19.0. The monoisotopic (exact) mass is 491 g/mol. The molecule has 4 rings (SSSR count). The van der Waals surface area contributed by atoms with Crippen LogP contribution < -0.4 is 19.3 Å². The highest BCUT2D eigenvalue weighted by atomic mass is 32.1. The predicted octanol–water partition coefficient (Wildman–Crippen LogP) is 4.02. The molecule has 34 heavy (non-hydrogen) atoms. The first-order valence-electron chi connectivity index (χ1n) is 10.3. The second-order valence-electron chi connectivity index (χ2n) is 8.35. The van der Waals surface area contributed by atoms with Crippen molar-refractivity contribution < 1.29 is 32.5 Å². The average Bonchev–Trinajstić information content (AvgIpc) is 2.92. The molecule has 2 heterocycles. The van der Waals surface area contributed by atoms with Crippen molar-refractivity contribution in [3.05, 3.63) is 47.5 Å². The number of hydrogen-bond acceptors (Lipinski definition) is 6. The molecule has 0 aliphatic carbocycles. The third-order valence-corrected chi connectivity index (χ3v) is 6.10. The lowest BCUT2D eigenvalue weighted by molar-refractivity contribution is -0.137.